The normalized spacial score (nSPS) is 18.9. The number of nitrogens with one attached hydrogen (secondary N) is 2. The van der Waals surface area contributed by atoms with E-state index in [1.165, 1.54) is 16.2 Å². The van der Waals surface area contributed by atoms with Gasteiger partial charge in [-0.05, 0) is 55.0 Å². The standard InChI is InChI=1S/C46H60FN9O8S/c1-29-39(65-28-50-29)30-9-10-31(26-49-42(59)36-24-32(57)27-56(36)43(60)40(45(2,3)4)51-44(61)46(47)11-12-46)38(23-30)64-22-21-63-20-19-62-18-17-54-13-15-55(16-14-54)35-25-34(52-53-41(35)48)33-7-5-6-8-37(33)58/h5-10,23,25,28,32,36,40,57-58H,11-22,24,26-27H2,1-4H3,(H2,48,53)(H,49,59)(H,51,61). The van der Waals surface area contributed by atoms with Gasteiger partial charge in [-0.2, -0.15) is 0 Å². The van der Waals surface area contributed by atoms with E-state index in [1.807, 2.05) is 37.3 Å². The van der Waals surface area contributed by atoms with E-state index in [2.05, 4.69) is 35.6 Å². The molecule has 2 saturated heterocycles. The predicted molar refractivity (Wildman–Crippen MR) is 244 cm³/mol. The number of anilines is 2. The Balaban J connectivity index is 0.857. The molecule has 3 unspecified atom stereocenters. The Labute approximate surface area is 382 Å². The summed E-state index contributed by atoms with van der Waals surface area (Å²) in [7, 11) is 0. The minimum atomic E-state index is -1.97. The fourth-order valence-electron chi connectivity index (χ4n) is 7.98. The highest BCUT2D eigenvalue weighted by Crippen LogP contribution is 2.41. The fraction of sp³-hybridized carbons (Fsp3) is 0.522. The molecule has 7 rings (SSSR count). The summed E-state index contributed by atoms with van der Waals surface area (Å²) in [4.78, 5) is 51.5. The summed E-state index contributed by atoms with van der Waals surface area (Å²) in [6.45, 7) is 13.0. The number of phenols is 1. The Morgan fingerprint density at radius 3 is 2.42 bits per heavy atom. The Bertz CT molecular complexity index is 2300. The number of piperazine rings is 1. The van der Waals surface area contributed by atoms with Crippen LogP contribution in [0.4, 0.5) is 15.9 Å². The zero-order valence-corrected chi connectivity index (χ0v) is 38.2. The van der Waals surface area contributed by atoms with Crippen LogP contribution >= 0.6 is 11.3 Å². The van der Waals surface area contributed by atoms with E-state index in [4.69, 9.17) is 19.9 Å². The molecule has 0 radical (unpaired) electrons. The number of para-hydroxylation sites is 1. The molecule has 0 bridgehead atoms. The molecule has 1 saturated carbocycles. The van der Waals surface area contributed by atoms with Crippen molar-refractivity contribution in [2.24, 2.45) is 5.41 Å². The molecule has 2 aromatic heterocycles. The van der Waals surface area contributed by atoms with Crippen molar-refractivity contribution < 1.29 is 43.2 Å². The summed E-state index contributed by atoms with van der Waals surface area (Å²) < 4.78 is 32.6. The summed E-state index contributed by atoms with van der Waals surface area (Å²) in [5, 5.41) is 34.8. The lowest BCUT2D eigenvalue weighted by Gasteiger charge is -2.36. The lowest BCUT2D eigenvalue weighted by molar-refractivity contribution is -0.145. The largest absolute Gasteiger partial charge is 0.507 e. The maximum Gasteiger partial charge on any atom is 0.258 e. The summed E-state index contributed by atoms with van der Waals surface area (Å²) in [5.41, 5.74) is 9.68. The van der Waals surface area contributed by atoms with Crippen LogP contribution in [0.3, 0.4) is 0 Å². The lowest BCUT2D eigenvalue weighted by Crippen LogP contribution is -2.59. The molecule has 1 aliphatic carbocycles. The number of phenolic OH excluding ortho intramolecular Hbond substituents is 1. The molecule has 17 nitrogen and oxygen atoms in total. The number of halogens is 1. The van der Waals surface area contributed by atoms with E-state index in [9.17, 15) is 29.0 Å². The van der Waals surface area contributed by atoms with Crippen LogP contribution in [0.1, 0.15) is 51.3 Å². The molecule has 3 aliphatic rings. The van der Waals surface area contributed by atoms with Crippen LogP contribution in [-0.2, 0) is 30.4 Å². The Hall–Kier alpha value is -5.47. The number of nitrogen functional groups attached to an aromatic ring is 1. The van der Waals surface area contributed by atoms with Gasteiger partial charge in [0.25, 0.3) is 5.91 Å². The first-order chi connectivity index (χ1) is 31.1. The summed E-state index contributed by atoms with van der Waals surface area (Å²) >= 11 is 1.51. The number of aromatic hydroxyl groups is 1. The maximum absolute atomic E-state index is 14.6. The molecular weight excluding hydrogens is 858 g/mol. The van der Waals surface area contributed by atoms with Crippen LogP contribution in [0, 0.1) is 12.3 Å². The Morgan fingerprint density at radius 1 is 1.00 bits per heavy atom. The zero-order valence-electron chi connectivity index (χ0n) is 37.4. The number of aryl methyl sites for hydroxylation is 1. The van der Waals surface area contributed by atoms with E-state index in [0.29, 0.717) is 54.8 Å². The van der Waals surface area contributed by atoms with Crippen LogP contribution in [0.2, 0.25) is 0 Å². The Kier molecular flexibility index (Phi) is 15.2. The van der Waals surface area contributed by atoms with Crippen LogP contribution in [0.5, 0.6) is 11.5 Å². The van der Waals surface area contributed by atoms with Gasteiger partial charge in [0.15, 0.2) is 11.5 Å². The number of rotatable bonds is 19. The molecule has 65 heavy (non-hydrogen) atoms. The number of benzene rings is 2. The number of hydrogen-bond donors (Lipinski definition) is 5. The van der Waals surface area contributed by atoms with Gasteiger partial charge in [0.2, 0.25) is 11.8 Å². The third kappa shape index (κ3) is 11.9. The number of aliphatic hydroxyl groups is 1. The van der Waals surface area contributed by atoms with E-state index in [0.717, 1.165) is 54.5 Å². The quantitative estimate of drug-likeness (QED) is 0.0849. The van der Waals surface area contributed by atoms with Gasteiger partial charge in [-0.15, -0.1) is 21.5 Å². The average Bonchev–Trinajstić information content (AvgIpc) is 3.69. The van der Waals surface area contributed by atoms with Crippen molar-refractivity contribution in [3.05, 3.63) is 65.3 Å². The molecule has 19 heteroatoms. The average molecular weight is 918 g/mol. The van der Waals surface area contributed by atoms with Crippen LogP contribution in [-0.4, -0.2) is 149 Å². The van der Waals surface area contributed by atoms with E-state index < -0.39 is 47.0 Å². The van der Waals surface area contributed by atoms with Gasteiger partial charge in [0, 0.05) is 63.4 Å². The number of aliphatic hydroxyl groups excluding tert-OH is 1. The van der Waals surface area contributed by atoms with Crippen molar-refractivity contribution in [2.75, 3.05) is 82.9 Å². The molecule has 3 fully saturated rings. The van der Waals surface area contributed by atoms with E-state index in [1.54, 1.807) is 44.5 Å². The number of nitrogens with zero attached hydrogens (tertiary/aromatic N) is 6. The molecule has 3 atom stereocenters. The van der Waals surface area contributed by atoms with E-state index in [-0.39, 0.29) is 44.7 Å². The number of hydrogen-bond acceptors (Lipinski definition) is 15. The Morgan fingerprint density at radius 2 is 1.72 bits per heavy atom. The third-order valence-electron chi connectivity index (χ3n) is 12.0. The maximum atomic E-state index is 14.6. The highest BCUT2D eigenvalue weighted by molar-refractivity contribution is 7.13. The topological polar surface area (TPSA) is 218 Å². The third-order valence-corrected chi connectivity index (χ3v) is 13.0. The molecule has 3 amide bonds. The van der Waals surface area contributed by atoms with Gasteiger partial charge >= 0.3 is 0 Å². The molecule has 2 aliphatic heterocycles. The monoisotopic (exact) mass is 917 g/mol. The summed E-state index contributed by atoms with van der Waals surface area (Å²) in [6, 6.07) is 12.5. The number of thiazole rings is 1. The first-order valence-corrected chi connectivity index (χ1v) is 23.0. The SMILES string of the molecule is Cc1ncsc1-c1ccc(CNC(=O)C2CC(O)CN2C(=O)C(NC(=O)C2(F)CC2)C(C)(C)C)c(OCCOCCOCCN2CCN(c3cc(-c4ccccc4O)nnc3N)CC2)c1. The van der Waals surface area contributed by atoms with Crippen molar-refractivity contribution >= 4 is 40.6 Å². The van der Waals surface area contributed by atoms with Crippen molar-refractivity contribution in [3.8, 4) is 33.2 Å². The van der Waals surface area contributed by atoms with Gasteiger partial charge in [0.05, 0.1) is 60.0 Å². The molecule has 350 valence electrons. The van der Waals surface area contributed by atoms with E-state index >= 15 is 0 Å². The van der Waals surface area contributed by atoms with Crippen LogP contribution in [0.15, 0.2) is 54.0 Å². The second-order valence-electron chi connectivity index (χ2n) is 17.9. The molecule has 0 spiro atoms. The smallest absolute Gasteiger partial charge is 0.258 e. The number of ether oxygens (including phenoxy) is 3. The zero-order chi connectivity index (χ0) is 46.3. The van der Waals surface area contributed by atoms with Crippen LogP contribution in [0.25, 0.3) is 21.7 Å². The van der Waals surface area contributed by atoms with Gasteiger partial charge in [0.1, 0.15) is 30.2 Å². The van der Waals surface area contributed by atoms with Crippen molar-refractivity contribution in [1.29, 1.82) is 0 Å². The molecule has 4 aromatic rings. The minimum Gasteiger partial charge on any atom is -0.507 e. The van der Waals surface area contributed by atoms with Gasteiger partial charge in [-0.1, -0.05) is 45.0 Å². The second-order valence-corrected chi connectivity index (χ2v) is 18.7. The fourth-order valence-corrected chi connectivity index (χ4v) is 8.78. The summed E-state index contributed by atoms with van der Waals surface area (Å²) in [5.74, 6) is -0.815. The number of amides is 3. The number of aromatic nitrogens is 3. The molecule has 6 N–H and O–H groups in total. The first kappa shape index (κ1) is 47.5. The highest BCUT2D eigenvalue weighted by Gasteiger charge is 2.53. The number of β-amino-alcohol motifs (C(OH)–C–C–N with tert-alkyl or cyclic N) is 1. The molecule has 4 heterocycles. The lowest BCUT2D eigenvalue weighted by atomic mass is 9.85. The molecular formula is C46H60FN9O8S. The number of nitrogens with two attached hydrogens (primary N) is 1. The minimum absolute atomic E-state index is 0.0197. The number of carbonyl (C=O) groups excluding carboxylic acids is 3. The number of carbonyl (C=O) groups is 3. The molecule has 2 aromatic carbocycles. The van der Waals surface area contributed by atoms with Crippen molar-refractivity contribution in [3.63, 3.8) is 0 Å². The first-order valence-electron chi connectivity index (χ1n) is 22.1. The summed E-state index contributed by atoms with van der Waals surface area (Å²) in [6.07, 6.45) is -0.715. The van der Waals surface area contributed by atoms with Gasteiger partial charge in [-0.3, -0.25) is 19.3 Å². The number of alkyl halides is 1. The van der Waals surface area contributed by atoms with Crippen molar-refractivity contribution in [1.82, 2.24) is 35.6 Å². The van der Waals surface area contributed by atoms with Crippen molar-refractivity contribution in [2.45, 2.75) is 77.4 Å². The number of likely N-dealkylation sites (tertiary alicyclic amines) is 1. The van der Waals surface area contributed by atoms with Crippen LogP contribution < -0.4 is 26.0 Å². The predicted octanol–water partition coefficient (Wildman–Crippen LogP) is 3.71. The highest BCUT2D eigenvalue weighted by atomic mass is 32.1. The second kappa shape index (κ2) is 20.8. The van der Waals surface area contributed by atoms with Gasteiger partial charge < -0.3 is 50.6 Å². The van der Waals surface area contributed by atoms with Gasteiger partial charge in [-0.25, -0.2) is 9.37 Å².